The number of hydrogen-bond donors (Lipinski definition) is 9. The van der Waals surface area contributed by atoms with Gasteiger partial charge < -0.3 is 42.7 Å². The fourth-order valence-corrected chi connectivity index (χ4v) is 4.83. The van der Waals surface area contributed by atoms with Gasteiger partial charge in [-0.2, -0.15) is 26.3 Å². The summed E-state index contributed by atoms with van der Waals surface area (Å²) in [5.41, 5.74) is 5.80. The van der Waals surface area contributed by atoms with Crippen LogP contribution < -0.4 is 43.0 Å². The van der Waals surface area contributed by atoms with Crippen molar-refractivity contribution in [3.05, 3.63) is 35.9 Å². The molecule has 0 aliphatic carbocycles. The van der Waals surface area contributed by atoms with Gasteiger partial charge >= 0.3 is 30.1 Å². The predicted molar refractivity (Wildman–Crippen MR) is 176 cm³/mol. The summed E-state index contributed by atoms with van der Waals surface area (Å²) in [4.78, 5) is 104. The molecule has 0 saturated carbocycles. The van der Waals surface area contributed by atoms with Crippen molar-refractivity contribution in [3.8, 4) is 0 Å². The first-order valence-corrected chi connectivity index (χ1v) is 16.4. The number of halogens is 6. The summed E-state index contributed by atoms with van der Waals surface area (Å²) in [5.74, 6) is -12.2. The van der Waals surface area contributed by atoms with E-state index in [0.29, 0.717) is 5.56 Å². The highest BCUT2D eigenvalue weighted by molar-refractivity contribution is 5.99. The topological polar surface area (TPSA) is 279 Å². The minimum atomic E-state index is -5.26. The zero-order chi connectivity index (χ0) is 41.3. The summed E-state index contributed by atoms with van der Waals surface area (Å²) in [5, 5.41) is 23.9. The summed E-state index contributed by atoms with van der Waals surface area (Å²) >= 11 is 0. The minimum Gasteiger partial charge on any atom is -0.481 e. The average molecular weight is 796 g/mol. The van der Waals surface area contributed by atoms with E-state index in [4.69, 9.17) is 5.73 Å². The number of aliphatic carboxylic acids is 1. The molecule has 1 aromatic carbocycles. The lowest BCUT2D eigenvalue weighted by atomic mass is 10.0. The maximum Gasteiger partial charge on any atom is 0.471 e. The fraction of sp³-hybridized carbons (Fsp3) is 0.516. The van der Waals surface area contributed by atoms with Gasteiger partial charge in [0.25, 0.3) is 0 Å². The van der Waals surface area contributed by atoms with Crippen molar-refractivity contribution in [1.82, 2.24) is 37.2 Å². The zero-order valence-corrected chi connectivity index (χ0v) is 28.8. The van der Waals surface area contributed by atoms with E-state index in [-0.39, 0.29) is 45.1 Å². The molecular weight excluding hydrogens is 756 g/mol. The molecule has 1 heterocycles. The molecule has 2 rings (SSSR count). The van der Waals surface area contributed by atoms with Crippen LogP contribution in [0.5, 0.6) is 0 Å². The molecule has 1 aromatic rings. The third-order valence-corrected chi connectivity index (χ3v) is 7.53. The number of aliphatic imine (C=N–C) groups is 1. The molecule has 1 aliphatic rings. The molecule has 0 spiro atoms. The highest BCUT2D eigenvalue weighted by Gasteiger charge is 2.39. The second-order valence-corrected chi connectivity index (χ2v) is 11.9. The van der Waals surface area contributed by atoms with Gasteiger partial charge in [0.15, 0.2) is 5.96 Å². The van der Waals surface area contributed by atoms with Gasteiger partial charge in [-0.1, -0.05) is 30.3 Å². The molecule has 1 fully saturated rings. The first-order valence-electron chi connectivity index (χ1n) is 16.4. The van der Waals surface area contributed by atoms with Crippen LogP contribution >= 0.6 is 0 Å². The Kier molecular flexibility index (Phi) is 17.3. The third-order valence-electron chi connectivity index (χ3n) is 7.53. The van der Waals surface area contributed by atoms with Gasteiger partial charge in [0.05, 0.1) is 13.0 Å². The SMILES string of the molecule is NC(=NCCC[C@@H]1NC(=O)[C@H](CCCCNC(=O)C(F)(F)F)NC(=O)[C@@H](Cc2ccccc2)NC(=O)[C@H](CC(=O)O)NC(=O)CNC1=O)NC(=O)C(F)(F)F. The van der Waals surface area contributed by atoms with Crippen LogP contribution in [0.4, 0.5) is 26.3 Å². The van der Waals surface area contributed by atoms with Crippen LogP contribution in [0.25, 0.3) is 0 Å². The van der Waals surface area contributed by atoms with Crippen LogP contribution in [0.2, 0.25) is 0 Å². The van der Waals surface area contributed by atoms with Crippen LogP contribution in [-0.2, 0) is 44.8 Å². The Labute approximate surface area is 308 Å². The number of carboxylic acid groups (broad SMARTS) is 1. The number of guanidine groups is 1. The van der Waals surface area contributed by atoms with Crippen LogP contribution in [0.15, 0.2) is 35.3 Å². The molecule has 0 bridgehead atoms. The van der Waals surface area contributed by atoms with Gasteiger partial charge in [0.1, 0.15) is 24.2 Å². The standard InChI is InChI=1S/C31H39F6N9O9/c32-30(33,34)27(54)39-11-5-4-9-18-24(51)43-17(10-6-12-40-29(38)46-28(55)31(35,36)37)23(50)41-15-21(47)42-20(14-22(48)49)26(53)45-19(25(52)44-18)13-16-7-2-1-3-8-16/h1-3,7-8,17-20H,4-6,9-15H2,(H,39,54)(H,41,50)(H,42,47)(H,43,51)(H,44,52)(H,45,53)(H,48,49)(H3,38,40,46,55)/t17-,18-,19+,20-/m0/s1. The van der Waals surface area contributed by atoms with Crippen molar-refractivity contribution in [1.29, 1.82) is 0 Å². The van der Waals surface area contributed by atoms with Gasteiger partial charge in [-0.25, -0.2) is 0 Å². The monoisotopic (exact) mass is 795 g/mol. The lowest BCUT2D eigenvalue weighted by Gasteiger charge is -2.26. The number of rotatable bonds is 13. The second-order valence-electron chi connectivity index (χ2n) is 11.9. The number of alkyl halides is 6. The Bertz CT molecular complexity index is 1590. The Morgan fingerprint density at radius 3 is 1.89 bits per heavy atom. The molecule has 1 saturated heterocycles. The molecule has 55 heavy (non-hydrogen) atoms. The van der Waals surface area contributed by atoms with Crippen LogP contribution in [0.1, 0.15) is 44.1 Å². The quantitative estimate of drug-likeness (QED) is 0.0477. The molecule has 1 aliphatic heterocycles. The van der Waals surface area contributed by atoms with Crippen molar-refractivity contribution in [2.75, 3.05) is 19.6 Å². The lowest BCUT2D eigenvalue weighted by Crippen LogP contribution is -2.58. The summed E-state index contributed by atoms with van der Waals surface area (Å²) in [6, 6.07) is 1.76. The second kappa shape index (κ2) is 21.1. The molecule has 0 unspecified atom stereocenters. The van der Waals surface area contributed by atoms with E-state index in [2.05, 4.69) is 31.6 Å². The van der Waals surface area contributed by atoms with Crippen molar-refractivity contribution >= 4 is 53.3 Å². The van der Waals surface area contributed by atoms with E-state index in [1.165, 1.54) is 5.32 Å². The van der Waals surface area contributed by atoms with Crippen LogP contribution in [0.3, 0.4) is 0 Å². The summed E-state index contributed by atoms with van der Waals surface area (Å²) in [7, 11) is 0. The van der Waals surface area contributed by atoms with Gasteiger partial charge in [0, 0.05) is 19.5 Å². The highest BCUT2D eigenvalue weighted by atomic mass is 19.4. The molecule has 18 nitrogen and oxygen atoms in total. The fourth-order valence-electron chi connectivity index (χ4n) is 4.83. The molecule has 304 valence electrons. The highest BCUT2D eigenvalue weighted by Crippen LogP contribution is 2.15. The van der Waals surface area contributed by atoms with Gasteiger partial charge in [-0.15, -0.1) is 0 Å². The number of benzene rings is 1. The van der Waals surface area contributed by atoms with Gasteiger partial charge in [-0.3, -0.25) is 48.7 Å². The maximum absolute atomic E-state index is 13.7. The van der Waals surface area contributed by atoms with Crippen LogP contribution in [0, 0.1) is 0 Å². The smallest absolute Gasteiger partial charge is 0.471 e. The van der Waals surface area contributed by atoms with E-state index in [1.807, 2.05) is 0 Å². The summed E-state index contributed by atoms with van der Waals surface area (Å²) in [6.07, 6.45) is -12.6. The summed E-state index contributed by atoms with van der Waals surface area (Å²) < 4.78 is 75.3. The van der Waals surface area contributed by atoms with Crippen molar-refractivity contribution in [2.24, 2.45) is 10.7 Å². The van der Waals surface area contributed by atoms with Crippen molar-refractivity contribution in [2.45, 2.75) is 81.5 Å². The van der Waals surface area contributed by atoms with Crippen molar-refractivity contribution < 1.29 is 69.8 Å². The number of hydrogen-bond acceptors (Lipinski definition) is 9. The molecule has 10 N–H and O–H groups in total. The first-order chi connectivity index (χ1) is 25.7. The Morgan fingerprint density at radius 1 is 0.745 bits per heavy atom. The van der Waals surface area contributed by atoms with E-state index in [9.17, 15) is 69.8 Å². The number of carbonyl (C=O) groups excluding carboxylic acids is 7. The number of amides is 7. The first kappa shape index (κ1) is 45.2. The number of carbonyl (C=O) groups is 8. The largest absolute Gasteiger partial charge is 0.481 e. The zero-order valence-electron chi connectivity index (χ0n) is 28.8. The van der Waals surface area contributed by atoms with E-state index < -0.39 is 109 Å². The predicted octanol–water partition coefficient (Wildman–Crippen LogP) is -1.60. The number of nitrogens with one attached hydrogen (secondary N) is 7. The lowest BCUT2D eigenvalue weighted by molar-refractivity contribution is -0.173. The minimum absolute atomic E-state index is 0.0835. The third kappa shape index (κ3) is 16.7. The normalized spacial score (nSPS) is 20.7. The van der Waals surface area contributed by atoms with E-state index >= 15 is 0 Å². The van der Waals surface area contributed by atoms with Crippen LogP contribution in [-0.4, -0.2) is 115 Å². The van der Waals surface area contributed by atoms with Crippen molar-refractivity contribution in [3.63, 3.8) is 0 Å². The van der Waals surface area contributed by atoms with Gasteiger partial charge in [-0.05, 0) is 37.7 Å². The molecule has 7 amide bonds. The Hall–Kier alpha value is -5.97. The number of nitrogens with two attached hydrogens (primary N) is 1. The number of carboxylic acids is 1. The van der Waals surface area contributed by atoms with E-state index in [1.54, 1.807) is 35.6 Å². The molecule has 4 atom stereocenters. The molecule has 24 heteroatoms. The van der Waals surface area contributed by atoms with E-state index in [0.717, 1.165) is 0 Å². The summed E-state index contributed by atoms with van der Waals surface area (Å²) in [6.45, 7) is -1.71. The van der Waals surface area contributed by atoms with Gasteiger partial charge in [0.2, 0.25) is 29.5 Å². The number of nitrogens with zero attached hydrogens (tertiary/aromatic N) is 1. The Morgan fingerprint density at radius 2 is 1.29 bits per heavy atom. The molecular formula is C31H39F6N9O9. The average Bonchev–Trinajstić information content (AvgIpc) is 3.09. The Balaban J connectivity index is 2.41. The molecule has 0 aromatic heterocycles. The molecule has 0 radical (unpaired) electrons. The number of unbranched alkanes of at least 4 members (excludes halogenated alkanes) is 1. The maximum atomic E-state index is 13.7.